The molecule has 8 heteroatoms. The van der Waals surface area contributed by atoms with Gasteiger partial charge in [-0.1, -0.05) is 18.2 Å². The third-order valence-corrected chi connectivity index (χ3v) is 5.27. The number of carbonyl (C=O) groups excluding carboxylic acids is 3. The normalized spacial score (nSPS) is 10.3. The van der Waals surface area contributed by atoms with Crippen molar-refractivity contribution in [3.05, 3.63) is 45.3 Å². The van der Waals surface area contributed by atoms with Gasteiger partial charge in [0.15, 0.2) is 6.61 Å². The number of esters is 1. The van der Waals surface area contributed by atoms with Crippen molar-refractivity contribution in [1.29, 1.82) is 0 Å². The fourth-order valence-corrected chi connectivity index (χ4v) is 3.87. The Morgan fingerprint density at radius 2 is 1.75 bits per heavy atom. The van der Waals surface area contributed by atoms with E-state index in [0.717, 1.165) is 22.5 Å². The van der Waals surface area contributed by atoms with Crippen LogP contribution in [0.2, 0.25) is 0 Å². The first-order chi connectivity index (χ1) is 13.3. The molecule has 1 aromatic carbocycles. The largest absolute Gasteiger partial charge is 0.483 e. The second kappa shape index (κ2) is 9.36. The molecule has 0 spiro atoms. The minimum Gasteiger partial charge on any atom is -0.483 e. The number of aryl methyl sites for hydroxylation is 2. The molecule has 0 atom stereocenters. The number of thiophene rings is 1. The van der Waals surface area contributed by atoms with Gasteiger partial charge in [-0.05, 0) is 44.4 Å². The Balaban J connectivity index is 2.22. The molecule has 0 saturated carbocycles. The van der Waals surface area contributed by atoms with E-state index in [1.54, 1.807) is 13.8 Å². The van der Waals surface area contributed by atoms with Crippen molar-refractivity contribution in [2.75, 3.05) is 25.6 Å². The molecule has 0 unspecified atom stereocenters. The average Bonchev–Trinajstić information content (AvgIpc) is 2.96. The summed E-state index contributed by atoms with van der Waals surface area (Å²) in [6, 6.07) is 5.71. The molecule has 1 aromatic heterocycles. The predicted molar refractivity (Wildman–Crippen MR) is 108 cm³/mol. The first kappa shape index (κ1) is 21.4. The highest BCUT2D eigenvalue weighted by atomic mass is 32.1. The number of nitrogens with one attached hydrogen (secondary N) is 2. The molecule has 0 aliphatic carbocycles. The Morgan fingerprint density at radius 1 is 1.11 bits per heavy atom. The highest BCUT2D eigenvalue weighted by molar-refractivity contribution is 7.18. The lowest BCUT2D eigenvalue weighted by Gasteiger charge is -2.12. The van der Waals surface area contributed by atoms with Gasteiger partial charge in [0.1, 0.15) is 10.8 Å². The van der Waals surface area contributed by atoms with Crippen LogP contribution in [0.3, 0.4) is 0 Å². The van der Waals surface area contributed by atoms with Crippen LogP contribution in [0.25, 0.3) is 0 Å². The predicted octanol–water partition coefficient (Wildman–Crippen LogP) is 3.23. The molecular weight excluding hydrogens is 380 g/mol. The summed E-state index contributed by atoms with van der Waals surface area (Å²) >= 11 is 1.03. The van der Waals surface area contributed by atoms with E-state index < -0.39 is 11.9 Å². The number of hydrogen-bond donors (Lipinski definition) is 2. The van der Waals surface area contributed by atoms with Gasteiger partial charge in [-0.15, -0.1) is 11.3 Å². The Morgan fingerprint density at radius 3 is 2.32 bits per heavy atom. The van der Waals surface area contributed by atoms with Gasteiger partial charge < -0.3 is 20.1 Å². The number of benzene rings is 1. The van der Waals surface area contributed by atoms with Gasteiger partial charge in [0.2, 0.25) is 0 Å². The lowest BCUT2D eigenvalue weighted by molar-refractivity contribution is -0.118. The topological polar surface area (TPSA) is 93.7 Å². The Kier molecular flexibility index (Phi) is 7.17. The summed E-state index contributed by atoms with van der Waals surface area (Å²) < 4.78 is 10.7. The minimum absolute atomic E-state index is 0.186. The van der Waals surface area contributed by atoms with Crippen molar-refractivity contribution in [2.45, 2.75) is 27.7 Å². The zero-order valence-electron chi connectivity index (χ0n) is 16.6. The van der Waals surface area contributed by atoms with Crippen molar-refractivity contribution >= 4 is 34.1 Å². The SMILES string of the molecule is CCOC(=O)c1c(NC(=O)COc2c(C)cccc2C)sc(C(=O)NC)c1C. The summed E-state index contributed by atoms with van der Waals surface area (Å²) in [6.07, 6.45) is 0. The lowest BCUT2D eigenvalue weighted by atomic mass is 10.1. The van der Waals surface area contributed by atoms with E-state index in [4.69, 9.17) is 9.47 Å². The molecule has 0 aliphatic heterocycles. The molecule has 0 fully saturated rings. The molecule has 28 heavy (non-hydrogen) atoms. The number of rotatable bonds is 7. The van der Waals surface area contributed by atoms with Crippen LogP contribution in [0.5, 0.6) is 5.75 Å². The summed E-state index contributed by atoms with van der Waals surface area (Å²) in [7, 11) is 1.50. The Hall–Kier alpha value is -2.87. The number of hydrogen-bond acceptors (Lipinski definition) is 6. The van der Waals surface area contributed by atoms with E-state index in [-0.39, 0.29) is 29.7 Å². The first-order valence-electron chi connectivity index (χ1n) is 8.81. The summed E-state index contributed by atoms with van der Waals surface area (Å²) in [5.74, 6) is -0.702. The number of anilines is 1. The van der Waals surface area contributed by atoms with Crippen LogP contribution in [-0.2, 0) is 9.53 Å². The first-order valence-corrected chi connectivity index (χ1v) is 9.63. The van der Waals surface area contributed by atoms with E-state index in [9.17, 15) is 14.4 Å². The molecule has 0 radical (unpaired) electrons. The van der Waals surface area contributed by atoms with Crippen molar-refractivity contribution in [1.82, 2.24) is 5.32 Å². The molecule has 2 rings (SSSR count). The number of amides is 2. The van der Waals surface area contributed by atoms with Crippen LogP contribution < -0.4 is 15.4 Å². The zero-order chi connectivity index (χ0) is 20.8. The molecule has 0 saturated heterocycles. The fourth-order valence-electron chi connectivity index (χ4n) is 2.71. The van der Waals surface area contributed by atoms with Gasteiger partial charge >= 0.3 is 5.97 Å². The molecular formula is C20H24N2O5S. The molecule has 2 amide bonds. The van der Waals surface area contributed by atoms with Crippen LogP contribution in [0.15, 0.2) is 18.2 Å². The fraction of sp³-hybridized carbons (Fsp3) is 0.350. The monoisotopic (exact) mass is 404 g/mol. The number of carbonyl (C=O) groups is 3. The van der Waals surface area contributed by atoms with Gasteiger partial charge in [-0.2, -0.15) is 0 Å². The Bertz CT molecular complexity index is 884. The molecule has 2 aromatic rings. The van der Waals surface area contributed by atoms with E-state index in [2.05, 4.69) is 10.6 Å². The summed E-state index contributed by atoms with van der Waals surface area (Å²) in [6.45, 7) is 7.10. The molecule has 150 valence electrons. The third-order valence-electron chi connectivity index (χ3n) is 4.07. The summed E-state index contributed by atoms with van der Waals surface area (Å²) in [5, 5.41) is 5.47. The van der Waals surface area contributed by atoms with Crippen LogP contribution in [0.4, 0.5) is 5.00 Å². The smallest absolute Gasteiger partial charge is 0.341 e. The lowest BCUT2D eigenvalue weighted by Crippen LogP contribution is -2.21. The van der Waals surface area contributed by atoms with Crippen molar-refractivity contribution < 1.29 is 23.9 Å². The standard InChI is InChI=1S/C20H24N2O5S/c1-6-26-20(25)15-13(4)17(18(24)21-5)28-19(15)22-14(23)10-27-16-11(2)8-7-9-12(16)3/h7-9H,6,10H2,1-5H3,(H,21,24)(H,22,23). The molecule has 1 heterocycles. The molecule has 0 bridgehead atoms. The maximum atomic E-state index is 12.4. The third kappa shape index (κ3) is 4.69. The van der Waals surface area contributed by atoms with E-state index in [1.807, 2.05) is 32.0 Å². The highest BCUT2D eigenvalue weighted by Crippen LogP contribution is 2.34. The number of ether oxygens (including phenoxy) is 2. The molecule has 0 aliphatic rings. The Labute approximate surface area is 168 Å². The quantitative estimate of drug-likeness (QED) is 0.691. The van der Waals surface area contributed by atoms with Crippen molar-refractivity contribution in [3.8, 4) is 5.75 Å². The van der Waals surface area contributed by atoms with Crippen molar-refractivity contribution in [3.63, 3.8) is 0 Å². The maximum absolute atomic E-state index is 12.4. The van der Waals surface area contributed by atoms with Gasteiger partial charge in [-0.3, -0.25) is 9.59 Å². The van der Waals surface area contributed by atoms with Gasteiger partial charge in [0, 0.05) is 7.05 Å². The van der Waals surface area contributed by atoms with E-state index in [0.29, 0.717) is 16.2 Å². The van der Waals surface area contributed by atoms with Crippen LogP contribution in [0.1, 0.15) is 43.6 Å². The van der Waals surface area contributed by atoms with Crippen LogP contribution in [-0.4, -0.2) is 38.0 Å². The van der Waals surface area contributed by atoms with Gasteiger partial charge in [0.25, 0.3) is 11.8 Å². The van der Waals surface area contributed by atoms with Gasteiger partial charge in [0.05, 0.1) is 17.0 Å². The zero-order valence-corrected chi connectivity index (χ0v) is 17.4. The van der Waals surface area contributed by atoms with Gasteiger partial charge in [-0.25, -0.2) is 4.79 Å². The van der Waals surface area contributed by atoms with Crippen LogP contribution >= 0.6 is 11.3 Å². The highest BCUT2D eigenvalue weighted by Gasteiger charge is 2.26. The minimum atomic E-state index is -0.586. The number of para-hydroxylation sites is 1. The summed E-state index contributed by atoms with van der Waals surface area (Å²) in [4.78, 5) is 37.2. The van der Waals surface area contributed by atoms with E-state index >= 15 is 0 Å². The van der Waals surface area contributed by atoms with Crippen molar-refractivity contribution in [2.24, 2.45) is 0 Å². The molecule has 2 N–H and O–H groups in total. The second-order valence-corrected chi connectivity index (χ2v) is 7.14. The average molecular weight is 404 g/mol. The maximum Gasteiger partial charge on any atom is 0.341 e. The molecule has 7 nitrogen and oxygen atoms in total. The van der Waals surface area contributed by atoms with Crippen LogP contribution in [0, 0.1) is 20.8 Å². The summed E-state index contributed by atoms with van der Waals surface area (Å²) in [5.41, 5.74) is 2.50. The van der Waals surface area contributed by atoms with E-state index in [1.165, 1.54) is 7.05 Å². The second-order valence-electron chi connectivity index (χ2n) is 6.12.